The molecule has 0 unspecified atom stereocenters. The van der Waals surface area contributed by atoms with Crippen LogP contribution in [0.25, 0.3) is 5.57 Å². The van der Waals surface area contributed by atoms with E-state index >= 15 is 0 Å². The molecule has 0 N–H and O–H groups in total. The van der Waals surface area contributed by atoms with Crippen molar-refractivity contribution < 1.29 is 14.0 Å². The van der Waals surface area contributed by atoms with E-state index in [0.717, 1.165) is 31.9 Å². The van der Waals surface area contributed by atoms with Crippen LogP contribution in [0.3, 0.4) is 0 Å². The van der Waals surface area contributed by atoms with Crippen LogP contribution >= 0.6 is 0 Å². The third-order valence-electron chi connectivity index (χ3n) is 6.84. The number of carbonyl (C=O) groups excluding carboxylic acids is 2. The minimum absolute atomic E-state index is 0.311. The number of hydrogen-bond donors (Lipinski definition) is 0. The van der Waals surface area contributed by atoms with E-state index in [4.69, 9.17) is 0 Å². The molecule has 5 rings (SSSR count). The molecule has 3 aliphatic heterocycles. The maximum Gasteiger partial charge on any atom is 0.282 e. The van der Waals surface area contributed by atoms with Gasteiger partial charge in [0.2, 0.25) is 0 Å². The summed E-state index contributed by atoms with van der Waals surface area (Å²) in [6.07, 6.45) is 3.63. The number of benzene rings is 2. The monoisotopic (exact) mass is 448 g/mol. The Bertz CT molecular complexity index is 1070. The molecule has 0 atom stereocenters. The van der Waals surface area contributed by atoms with Crippen LogP contribution < -0.4 is 9.80 Å². The molecule has 0 radical (unpaired) electrons. The molecule has 0 bridgehead atoms. The molecule has 7 heteroatoms. The number of halogens is 1. The number of likely N-dealkylation sites (N-methyl/N-ethyl adjacent to an activating group) is 1. The fourth-order valence-corrected chi connectivity index (χ4v) is 4.92. The third-order valence-corrected chi connectivity index (χ3v) is 6.84. The van der Waals surface area contributed by atoms with E-state index in [2.05, 4.69) is 9.80 Å². The number of piperidine rings is 1. The van der Waals surface area contributed by atoms with Gasteiger partial charge in [0.25, 0.3) is 11.8 Å². The number of rotatable bonds is 4. The minimum atomic E-state index is -0.373. The summed E-state index contributed by atoms with van der Waals surface area (Å²) in [6, 6.07) is 13.5. The van der Waals surface area contributed by atoms with Crippen LogP contribution in [0.5, 0.6) is 0 Å². The van der Waals surface area contributed by atoms with Gasteiger partial charge in [-0.1, -0.05) is 12.1 Å². The largest absolute Gasteiger partial charge is 0.372 e. The van der Waals surface area contributed by atoms with Crippen LogP contribution in [0.1, 0.15) is 24.8 Å². The van der Waals surface area contributed by atoms with Crippen molar-refractivity contribution >= 4 is 28.8 Å². The molecule has 3 aliphatic rings. The summed E-state index contributed by atoms with van der Waals surface area (Å²) in [7, 11) is 2.05. The lowest BCUT2D eigenvalue weighted by atomic mass is 10.0. The lowest BCUT2D eigenvalue weighted by molar-refractivity contribution is -0.120. The van der Waals surface area contributed by atoms with Crippen LogP contribution in [0.2, 0.25) is 0 Å². The molecular formula is C26H29FN4O2. The maximum absolute atomic E-state index is 13.6. The molecule has 0 saturated carbocycles. The van der Waals surface area contributed by atoms with E-state index in [1.54, 1.807) is 12.1 Å². The van der Waals surface area contributed by atoms with Gasteiger partial charge < -0.3 is 14.7 Å². The lowest BCUT2D eigenvalue weighted by Gasteiger charge is -2.34. The van der Waals surface area contributed by atoms with Gasteiger partial charge in [-0.05, 0) is 68.3 Å². The summed E-state index contributed by atoms with van der Waals surface area (Å²) in [5, 5.41) is 0. The predicted octanol–water partition coefficient (Wildman–Crippen LogP) is 3.35. The zero-order valence-corrected chi connectivity index (χ0v) is 19.0. The van der Waals surface area contributed by atoms with Crippen molar-refractivity contribution in [3.63, 3.8) is 0 Å². The number of hydrogen-bond acceptors (Lipinski definition) is 5. The fourth-order valence-electron chi connectivity index (χ4n) is 4.92. The van der Waals surface area contributed by atoms with Gasteiger partial charge in [0.1, 0.15) is 11.5 Å². The van der Waals surface area contributed by atoms with Gasteiger partial charge in [-0.2, -0.15) is 0 Å². The van der Waals surface area contributed by atoms with Gasteiger partial charge in [-0.25, -0.2) is 9.29 Å². The van der Waals surface area contributed by atoms with E-state index in [1.807, 2.05) is 36.2 Å². The normalized spacial score (nSPS) is 20.2. The summed E-state index contributed by atoms with van der Waals surface area (Å²) in [5.74, 6) is -1.04. The van der Waals surface area contributed by atoms with Crippen LogP contribution in [0.15, 0.2) is 54.2 Å². The number of anilines is 2. The second kappa shape index (κ2) is 8.98. The van der Waals surface area contributed by atoms with Crippen LogP contribution in [-0.2, 0) is 9.59 Å². The summed E-state index contributed by atoms with van der Waals surface area (Å²) in [6.45, 7) is 5.02. The Kier molecular flexibility index (Phi) is 5.89. The van der Waals surface area contributed by atoms with Crippen LogP contribution in [-0.4, -0.2) is 67.9 Å². The molecule has 6 nitrogen and oxygen atoms in total. The number of imide groups is 1. The molecule has 2 amide bonds. The van der Waals surface area contributed by atoms with Crippen molar-refractivity contribution in [3.05, 3.63) is 65.6 Å². The molecule has 0 spiro atoms. The first kappa shape index (κ1) is 21.6. The molecule has 2 aromatic rings. The number of piperazine rings is 1. The van der Waals surface area contributed by atoms with Crippen molar-refractivity contribution in [2.75, 3.05) is 56.1 Å². The number of carbonyl (C=O) groups is 2. The number of nitrogens with zero attached hydrogens (tertiary/aromatic N) is 4. The Labute approximate surface area is 193 Å². The zero-order valence-electron chi connectivity index (χ0n) is 19.0. The molecule has 172 valence electrons. The van der Waals surface area contributed by atoms with E-state index in [1.165, 1.54) is 36.3 Å². The molecule has 2 fully saturated rings. The first-order valence-electron chi connectivity index (χ1n) is 11.7. The second-order valence-electron chi connectivity index (χ2n) is 9.03. The topological polar surface area (TPSA) is 47.1 Å². The molecule has 0 aromatic heterocycles. The molecule has 3 heterocycles. The zero-order chi connectivity index (χ0) is 22.9. The SMILES string of the molecule is CN1CCN(C2=C(c3ccc(F)cc3)C(=O)N(c3ccc(N4CCCCC4)cc3)C2=O)CC1. The summed E-state index contributed by atoms with van der Waals surface area (Å²) in [5.41, 5.74) is 3.01. The Morgan fingerprint density at radius 3 is 1.91 bits per heavy atom. The van der Waals surface area contributed by atoms with Gasteiger partial charge in [-0.15, -0.1) is 0 Å². The summed E-state index contributed by atoms with van der Waals surface area (Å²) in [4.78, 5) is 35.1. The Balaban J connectivity index is 1.48. The first-order chi connectivity index (χ1) is 16.0. The smallest absolute Gasteiger partial charge is 0.282 e. The van der Waals surface area contributed by atoms with Crippen molar-refractivity contribution in [2.45, 2.75) is 19.3 Å². The highest BCUT2D eigenvalue weighted by atomic mass is 19.1. The van der Waals surface area contributed by atoms with E-state index in [0.29, 0.717) is 35.6 Å². The molecule has 2 aromatic carbocycles. The van der Waals surface area contributed by atoms with Crippen LogP contribution in [0.4, 0.5) is 15.8 Å². The van der Waals surface area contributed by atoms with Gasteiger partial charge in [0, 0.05) is 45.0 Å². The second-order valence-corrected chi connectivity index (χ2v) is 9.03. The Hall–Kier alpha value is -3.19. The predicted molar refractivity (Wildman–Crippen MR) is 127 cm³/mol. The molecular weight excluding hydrogens is 419 g/mol. The summed E-state index contributed by atoms with van der Waals surface area (Å²) >= 11 is 0. The van der Waals surface area contributed by atoms with Gasteiger partial charge in [0.05, 0.1) is 11.3 Å². The Morgan fingerprint density at radius 2 is 1.27 bits per heavy atom. The van der Waals surface area contributed by atoms with Gasteiger partial charge in [-0.3, -0.25) is 9.59 Å². The van der Waals surface area contributed by atoms with E-state index in [-0.39, 0.29) is 17.6 Å². The molecule has 2 saturated heterocycles. The van der Waals surface area contributed by atoms with Crippen LogP contribution in [0, 0.1) is 5.82 Å². The van der Waals surface area contributed by atoms with E-state index < -0.39 is 0 Å². The van der Waals surface area contributed by atoms with Crippen molar-refractivity contribution in [1.29, 1.82) is 0 Å². The van der Waals surface area contributed by atoms with Gasteiger partial charge in [0.15, 0.2) is 0 Å². The maximum atomic E-state index is 13.6. The first-order valence-corrected chi connectivity index (χ1v) is 11.7. The highest BCUT2D eigenvalue weighted by Gasteiger charge is 2.43. The fraction of sp³-hybridized carbons (Fsp3) is 0.385. The Morgan fingerprint density at radius 1 is 0.667 bits per heavy atom. The van der Waals surface area contributed by atoms with Crippen molar-refractivity contribution in [2.24, 2.45) is 0 Å². The average molecular weight is 449 g/mol. The highest BCUT2D eigenvalue weighted by Crippen LogP contribution is 2.36. The molecule has 33 heavy (non-hydrogen) atoms. The standard InChI is InChI=1S/C26H29FN4O2/c1-28-15-17-30(18-16-28)24-23(19-5-7-20(27)8-6-19)25(32)31(26(24)33)22-11-9-21(10-12-22)29-13-3-2-4-14-29/h5-12H,2-4,13-18H2,1H3. The van der Waals surface area contributed by atoms with Gasteiger partial charge >= 0.3 is 0 Å². The quantitative estimate of drug-likeness (QED) is 0.672. The number of amides is 2. The minimum Gasteiger partial charge on any atom is -0.372 e. The van der Waals surface area contributed by atoms with Crippen molar-refractivity contribution in [3.8, 4) is 0 Å². The van der Waals surface area contributed by atoms with Crippen molar-refractivity contribution in [1.82, 2.24) is 9.80 Å². The molecule has 0 aliphatic carbocycles. The lowest BCUT2D eigenvalue weighted by Crippen LogP contribution is -2.46. The highest BCUT2D eigenvalue weighted by molar-refractivity contribution is 6.45. The summed E-state index contributed by atoms with van der Waals surface area (Å²) < 4.78 is 13.6. The van der Waals surface area contributed by atoms with E-state index in [9.17, 15) is 14.0 Å². The third kappa shape index (κ3) is 4.13. The average Bonchev–Trinajstić information content (AvgIpc) is 3.11.